The fourth-order valence-corrected chi connectivity index (χ4v) is 1.90. The van der Waals surface area contributed by atoms with E-state index in [1.165, 1.54) is 0 Å². The molecule has 4 heteroatoms. The van der Waals surface area contributed by atoms with Crippen LogP contribution >= 0.6 is 0 Å². The molecule has 0 aliphatic carbocycles. The van der Waals surface area contributed by atoms with E-state index in [1.807, 2.05) is 37.1 Å². The van der Waals surface area contributed by atoms with Gasteiger partial charge < -0.3 is 15.1 Å². The number of anilines is 2. The van der Waals surface area contributed by atoms with Crippen LogP contribution in [0.5, 0.6) is 0 Å². The van der Waals surface area contributed by atoms with Gasteiger partial charge >= 0.3 is 0 Å². The number of nitrogens with two attached hydrogens (primary N) is 1. The van der Waals surface area contributed by atoms with Crippen LogP contribution in [0, 0.1) is 18.3 Å². The number of hydrogen-bond donors (Lipinski definition) is 1. The zero-order valence-corrected chi connectivity index (χ0v) is 10.5. The molecular formula is C14H15N3O. The Labute approximate surface area is 106 Å². The molecule has 0 fully saturated rings. The predicted octanol–water partition coefficient (Wildman–Crippen LogP) is 2.68. The van der Waals surface area contributed by atoms with Crippen LogP contribution in [0.3, 0.4) is 0 Å². The first-order valence-corrected chi connectivity index (χ1v) is 5.66. The summed E-state index contributed by atoms with van der Waals surface area (Å²) >= 11 is 0. The van der Waals surface area contributed by atoms with Gasteiger partial charge in [-0.2, -0.15) is 5.26 Å². The summed E-state index contributed by atoms with van der Waals surface area (Å²) in [5.74, 6) is 0.900. The predicted molar refractivity (Wildman–Crippen MR) is 71.1 cm³/mol. The van der Waals surface area contributed by atoms with E-state index in [0.717, 1.165) is 17.0 Å². The smallest absolute Gasteiger partial charge is 0.105 e. The first-order valence-electron chi connectivity index (χ1n) is 5.66. The number of nitriles is 1. The molecule has 0 saturated heterocycles. The van der Waals surface area contributed by atoms with Gasteiger partial charge in [-0.15, -0.1) is 0 Å². The van der Waals surface area contributed by atoms with Gasteiger partial charge in [0, 0.05) is 19.2 Å². The van der Waals surface area contributed by atoms with Crippen LogP contribution in [0.1, 0.15) is 16.9 Å². The van der Waals surface area contributed by atoms with Crippen LogP contribution in [0.25, 0.3) is 0 Å². The first-order chi connectivity index (χ1) is 8.63. The largest absolute Gasteiger partial charge is 0.469 e. The standard InChI is InChI=1S/C14H15N3O/c1-10-12(6-7-18-10)9-17(2)13-5-3-4-11(8-15)14(13)16/h3-7H,9,16H2,1-2H3. The minimum atomic E-state index is 0.503. The zero-order chi connectivity index (χ0) is 13.1. The van der Waals surface area contributed by atoms with Gasteiger partial charge in [-0.1, -0.05) is 6.07 Å². The van der Waals surface area contributed by atoms with Gasteiger partial charge in [0.1, 0.15) is 11.8 Å². The molecule has 1 aromatic carbocycles. The van der Waals surface area contributed by atoms with Crippen molar-refractivity contribution in [3.05, 3.63) is 47.4 Å². The van der Waals surface area contributed by atoms with E-state index in [2.05, 4.69) is 6.07 Å². The average Bonchev–Trinajstić information content (AvgIpc) is 2.75. The van der Waals surface area contributed by atoms with Crippen molar-refractivity contribution in [3.8, 4) is 6.07 Å². The van der Waals surface area contributed by atoms with E-state index in [9.17, 15) is 0 Å². The van der Waals surface area contributed by atoms with E-state index in [1.54, 1.807) is 12.3 Å². The van der Waals surface area contributed by atoms with Gasteiger partial charge in [0.05, 0.1) is 23.2 Å². The summed E-state index contributed by atoms with van der Waals surface area (Å²) in [7, 11) is 1.94. The Bertz CT molecular complexity index is 595. The molecule has 0 radical (unpaired) electrons. The number of hydrogen-bond acceptors (Lipinski definition) is 4. The van der Waals surface area contributed by atoms with Crippen LogP contribution in [0.4, 0.5) is 11.4 Å². The highest BCUT2D eigenvalue weighted by molar-refractivity contribution is 5.73. The Morgan fingerprint density at radius 1 is 1.39 bits per heavy atom. The van der Waals surface area contributed by atoms with Crippen LogP contribution in [-0.4, -0.2) is 7.05 Å². The SMILES string of the molecule is Cc1occc1CN(C)c1cccc(C#N)c1N. The van der Waals surface area contributed by atoms with Crippen molar-refractivity contribution >= 4 is 11.4 Å². The highest BCUT2D eigenvalue weighted by Gasteiger charge is 2.11. The van der Waals surface area contributed by atoms with Crippen molar-refractivity contribution in [2.75, 3.05) is 17.7 Å². The highest BCUT2D eigenvalue weighted by Crippen LogP contribution is 2.27. The summed E-state index contributed by atoms with van der Waals surface area (Å²) in [6, 6.07) is 9.49. The Balaban J connectivity index is 2.27. The Kier molecular flexibility index (Phi) is 3.24. The minimum Gasteiger partial charge on any atom is -0.469 e. The van der Waals surface area contributed by atoms with Crippen LogP contribution in [-0.2, 0) is 6.54 Å². The number of benzene rings is 1. The van der Waals surface area contributed by atoms with Crippen LogP contribution in [0.15, 0.2) is 34.9 Å². The summed E-state index contributed by atoms with van der Waals surface area (Å²) in [5.41, 5.74) is 8.96. The molecule has 0 unspecified atom stereocenters. The van der Waals surface area contributed by atoms with Gasteiger partial charge in [0.2, 0.25) is 0 Å². The Hall–Kier alpha value is -2.41. The third-order valence-electron chi connectivity index (χ3n) is 2.99. The lowest BCUT2D eigenvalue weighted by molar-refractivity contribution is 0.529. The molecule has 2 N–H and O–H groups in total. The number of furan rings is 1. The summed E-state index contributed by atoms with van der Waals surface area (Å²) in [6.07, 6.45) is 1.67. The van der Waals surface area contributed by atoms with Crippen molar-refractivity contribution in [3.63, 3.8) is 0 Å². The van der Waals surface area contributed by atoms with Gasteiger partial charge in [-0.05, 0) is 25.1 Å². The molecule has 2 aromatic rings. The summed E-state index contributed by atoms with van der Waals surface area (Å²) in [6.45, 7) is 2.62. The van der Waals surface area contributed by atoms with Crippen molar-refractivity contribution in [2.24, 2.45) is 0 Å². The van der Waals surface area contributed by atoms with E-state index in [4.69, 9.17) is 15.4 Å². The Morgan fingerprint density at radius 2 is 2.17 bits per heavy atom. The second-order valence-corrected chi connectivity index (χ2v) is 4.21. The quantitative estimate of drug-likeness (QED) is 0.839. The molecule has 4 nitrogen and oxygen atoms in total. The summed E-state index contributed by atoms with van der Waals surface area (Å²) in [5, 5.41) is 8.96. The van der Waals surface area contributed by atoms with E-state index in [0.29, 0.717) is 17.8 Å². The maximum absolute atomic E-state index is 8.96. The first kappa shape index (κ1) is 12.1. The molecule has 0 amide bonds. The molecule has 18 heavy (non-hydrogen) atoms. The number of rotatable bonds is 3. The molecule has 0 atom stereocenters. The minimum absolute atomic E-state index is 0.503. The van der Waals surface area contributed by atoms with Crippen LogP contribution in [0.2, 0.25) is 0 Å². The number of nitrogens with zero attached hydrogens (tertiary/aromatic N) is 2. The lowest BCUT2D eigenvalue weighted by Crippen LogP contribution is -2.18. The number of nitrogen functional groups attached to an aromatic ring is 1. The maximum atomic E-state index is 8.96. The van der Waals surface area contributed by atoms with Crippen molar-refractivity contribution in [2.45, 2.75) is 13.5 Å². The fraction of sp³-hybridized carbons (Fsp3) is 0.214. The molecule has 0 saturated carbocycles. The molecule has 1 heterocycles. The van der Waals surface area contributed by atoms with E-state index >= 15 is 0 Å². The zero-order valence-electron chi connectivity index (χ0n) is 10.5. The molecule has 0 aliphatic heterocycles. The van der Waals surface area contributed by atoms with Gasteiger partial charge in [0.25, 0.3) is 0 Å². The number of para-hydroxylation sites is 1. The summed E-state index contributed by atoms with van der Waals surface area (Å²) in [4.78, 5) is 2.01. The average molecular weight is 241 g/mol. The molecule has 2 rings (SSSR count). The molecule has 92 valence electrons. The molecule has 0 spiro atoms. The fourth-order valence-electron chi connectivity index (χ4n) is 1.90. The summed E-state index contributed by atoms with van der Waals surface area (Å²) < 4.78 is 5.27. The van der Waals surface area contributed by atoms with Crippen molar-refractivity contribution < 1.29 is 4.42 Å². The van der Waals surface area contributed by atoms with E-state index in [-0.39, 0.29) is 0 Å². The van der Waals surface area contributed by atoms with Gasteiger partial charge in [-0.3, -0.25) is 0 Å². The molecule has 0 bridgehead atoms. The van der Waals surface area contributed by atoms with E-state index < -0.39 is 0 Å². The van der Waals surface area contributed by atoms with Gasteiger partial charge in [-0.25, -0.2) is 0 Å². The number of aryl methyl sites for hydroxylation is 1. The third kappa shape index (κ3) is 2.16. The molecule has 1 aromatic heterocycles. The molecule has 0 aliphatic rings. The topological polar surface area (TPSA) is 66.2 Å². The highest BCUT2D eigenvalue weighted by atomic mass is 16.3. The van der Waals surface area contributed by atoms with Crippen molar-refractivity contribution in [1.82, 2.24) is 0 Å². The Morgan fingerprint density at radius 3 is 2.78 bits per heavy atom. The molecular weight excluding hydrogens is 226 g/mol. The van der Waals surface area contributed by atoms with Crippen LogP contribution < -0.4 is 10.6 Å². The monoisotopic (exact) mass is 241 g/mol. The second-order valence-electron chi connectivity index (χ2n) is 4.21. The second kappa shape index (κ2) is 4.84. The maximum Gasteiger partial charge on any atom is 0.105 e. The van der Waals surface area contributed by atoms with Crippen molar-refractivity contribution in [1.29, 1.82) is 5.26 Å². The normalized spacial score (nSPS) is 10.1. The lowest BCUT2D eigenvalue weighted by atomic mass is 10.1. The third-order valence-corrected chi connectivity index (χ3v) is 2.99. The van der Waals surface area contributed by atoms with Gasteiger partial charge in [0.15, 0.2) is 0 Å². The lowest BCUT2D eigenvalue weighted by Gasteiger charge is -2.21.